The lowest BCUT2D eigenvalue weighted by Crippen LogP contribution is -2.39. The monoisotopic (exact) mass is 567 g/mol. The van der Waals surface area contributed by atoms with Gasteiger partial charge >= 0.3 is 6.09 Å². The minimum Gasteiger partial charge on any atom is -0.494 e. The molecule has 2 fully saturated rings. The van der Waals surface area contributed by atoms with Crippen molar-refractivity contribution in [1.29, 1.82) is 0 Å². The number of fused-ring (bicyclic) bond motifs is 1. The molecule has 4 heterocycles. The fraction of sp³-hybridized carbons (Fsp3) is 0.424. The molecule has 2 aliphatic heterocycles. The van der Waals surface area contributed by atoms with Gasteiger partial charge in [-0.15, -0.1) is 0 Å². The summed E-state index contributed by atoms with van der Waals surface area (Å²) in [7, 11) is 1.64. The van der Waals surface area contributed by atoms with Crippen molar-refractivity contribution in [3.8, 4) is 28.8 Å². The van der Waals surface area contributed by atoms with Crippen LogP contribution in [0.15, 0.2) is 36.7 Å². The number of aromatic amines is 1. The van der Waals surface area contributed by atoms with E-state index in [9.17, 15) is 9.59 Å². The lowest BCUT2D eigenvalue weighted by molar-refractivity contribution is 0.0253. The van der Waals surface area contributed by atoms with E-state index in [0.29, 0.717) is 42.1 Å². The maximum Gasteiger partial charge on any atom is 0.411 e. The molecule has 2 aromatic heterocycles. The van der Waals surface area contributed by atoms with Gasteiger partial charge in [0.05, 0.1) is 41.3 Å². The molecule has 1 saturated carbocycles. The smallest absolute Gasteiger partial charge is 0.411 e. The number of ether oxygens (including phenoxy) is 2. The first kappa shape index (κ1) is 27.7. The molecule has 0 unspecified atom stereocenters. The average molecular weight is 568 g/mol. The third-order valence-electron chi connectivity index (χ3n) is 8.20. The number of aryl methyl sites for hydroxylation is 1. The molecule has 2 amide bonds. The van der Waals surface area contributed by atoms with Crippen LogP contribution in [0.5, 0.6) is 5.75 Å². The molecule has 0 bridgehead atoms. The standard InChI is InChI=1S/C33H37N5O4/c1-20-7-6-8-25(29(20)41-5)37-28-26-24(12-16-35-30(26)39)36-27(28)23-11-15-34-18-21(23)9-10-22-17-33(13-14-33)19-38(22)31(40)42-32(2,3)4/h6-8,11,15,18,22,36-37H,12-14,16-17,19H2,1-5H3,(H,35,39)/t22-/m0/s1. The Balaban J connectivity index is 1.40. The number of hydrogen-bond donors (Lipinski definition) is 3. The summed E-state index contributed by atoms with van der Waals surface area (Å²) in [4.78, 5) is 35.9. The highest BCUT2D eigenvalue weighted by Crippen LogP contribution is 2.55. The van der Waals surface area contributed by atoms with Gasteiger partial charge in [0.25, 0.3) is 5.91 Å². The van der Waals surface area contributed by atoms with Crippen LogP contribution in [-0.4, -0.2) is 58.7 Å². The van der Waals surface area contributed by atoms with Crippen LogP contribution in [0.4, 0.5) is 16.2 Å². The quantitative estimate of drug-likeness (QED) is 0.356. The van der Waals surface area contributed by atoms with E-state index in [4.69, 9.17) is 9.47 Å². The van der Waals surface area contributed by atoms with Crippen molar-refractivity contribution in [2.75, 3.05) is 25.5 Å². The van der Waals surface area contributed by atoms with Gasteiger partial charge < -0.3 is 25.1 Å². The number of carbonyl (C=O) groups is 2. The van der Waals surface area contributed by atoms with E-state index >= 15 is 0 Å². The lowest BCUT2D eigenvalue weighted by Gasteiger charge is -2.26. The number of nitrogens with one attached hydrogen (secondary N) is 3. The van der Waals surface area contributed by atoms with E-state index in [0.717, 1.165) is 47.5 Å². The Morgan fingerprint density at radius 3 is 2.79 bits per heavy atom. The predicted octanol–water partition coefficient (Wildman–Crippen LogP) is 5.56. The van der Waals surface area contributed by atoms with Crippen LogP contribution in [-0.2, 0) is 11.2 Å². The first-order valence-electron chi connectivity index (χ1n) is 14.5. The number of likely N-dealkylation sites (tertiary alicyclic amines) is 1. The number of amides is 2. The molecule has 1 spiro atoms. The molecule has 42 heavy (non-hydrogen) atoms. The zero-order valence-corrected chi connectivity index (χ0v) is 24.8. The summed E-state index contributed by atoms with van der Waals surface area (Å²) in [6.45, 7) is 8.86. The minimum atomic E-state index is -0.576. The molecule has 1 saturated heterocycles. The topological polar surface area (TPSA) is 109 Å². The fourth-order valence-electron chi connectivity index (χ4n) is 5.97. The van der Waals surface area contributed by atoms with Crippen molar-refractivity contribution >= 4 is 23.4 Å². The molecular weight excluding hydrogens is 530 g/mol. The summed E-state index contributed by atoms with van der Waals surface area (Å²) in [6, 6.07) is 7.53. The van der Waals surface area contributed by atoms with Crippen LogP contribution in [0.2, 0.25) is 0 Å². The average Bonchev–Trinajstić information content (AvgIpc) is 3.44. The Kier molecular flexibility index (Phi) is 6.88. The number of anilines is 2. The highest BCUT2D eigenvalue weighted by Gasteiger charge is 2.53. The number of benzene rings is 1. The number of para-hydroxylation sites is 1. The van der Waals surface area contributed by atoms with Gasteiger partial charge in [0.1, 0.15) is 11.4 Å². The molecule has 3 aromatic rings. The molecule has 0 radical (unpaired) electrons. The van der Waals surface area contributed by atoms with Crippen molar-refractivity contribution in [2.45, 2.75) is 65.0 Å². The normalized spacial score (nSPS) is 18.5. The molecule has 6 rings (SSSR count). The van der Waals surface area contributed by atoms with Gasteiger partial charge in [-0.1, -0.05) is 24.0 Å². The molecule has 9 nitrogen and oxygen atoms in total. The maximum absolute atomic E-state index is 13.1. The number of aromatic nitrogens is 2. The van der Waals surface area contributed by atoms with Crippen molar-refractivity contribution in [3.63, 3.8) is 0 Å². The summed E-state index contributed by atoms with van der Waals surface area (Å²) in [5.41, 5.74) is 5.70. The van der Waals surface area contributed by atoms with Crippen LogP contribution in [0.25, 0.3) is 11.3 Å². The number of pyridine rings is 1. The molecule has 218 valence electrons. The SMILES string of the molecule is COc1c(C)cccc1Nc1c(-c2ccncc2C#C[C@H]2CC3(CC3)CN2C(=O)OC(C)(C)C)[nH]c2c1C(=O)NCC2. The van der Waals surface area contributed by atoms with Crippen LogP contribution >= 0.6 is 0 Å². The number of nitrogens with zero attached hydrogens (tertiary/aromatic N) is 2. The summed E-state index contributed by atoms with van der Waals surface area (Å²) in [6.07, 6.45) is 6.87. The largest absolute Gasteiger partial charge is 0.494 e. The van der Waals surface area contributed by atoms with Gasteiger partial charge in [0, 0.05) is 43.2 Å². The minimum absolute atomic E-state index is 0.136. The van der Waals surface area contributed by atoms with Gasteiger partial charge in [-0.2, -0.15) is 0 Å². The second-order valence-electron chi connectivity index (χ2n) is 12.5. The fourth-order valence-corrected chi connectivity index (χ4v) is 5.97. The van der Waals surface area contributed by atoms with Crippen molar-refractivity contribution in [2.24, 2.45) is 5.41 Å². The Hall–Kier alpha value is -4.45. The Bertz CT molecular complexity index is 1620. The summed E-state index contributed by atoms with van der Waals surface area (Å²) >= 11 is 0. The highest BCUT2D eigenvalue weighted by molar-refractivity contribution is 6.06. The first-order chi connectivity index (χ1) is 20.1. The van der Waals surface area contributed by atoms with E-state index in [1.165, 1.54) is 0 Å². The lowest BCUT2D eigenvalue weighted by atomic mass is 10.0. The van der Waals surface area contributed by atoms with E-state index in [-0.39, 0.29) is 23.5 Å². The number of carbonyl (C=O) groups excluding carboxylic acids is 2. The van der Waals surface area contributed by atoms with Gasteiger partial charge in [-0.05, 0) is 70.1 Å². The maximum atomic E-state index is 13.1. The van der Waals surface area contributed by atoms with E-state index in [2.05, 4.69) is 32.4 Å². The molecule has 1 aliphatic carbocycles. The first-order valence-corrected chi connectivity index (χ1v) is 14.5. The second-order valence-corrected chi connectivity index (χ2v) is 12.5. The molecule has 1 atom stereocenters. The summed E-state index contributed by atoms with van der Waals surface area (Å²) in [5.74, 6) is 7.31. The molecule has 3 N–H and O–H groups in total. The van der Waals surface area contributed by atoms with Crippen LogP contribution in [0, 0.1) is 24.2 Å². The Morgan fingerprint density at radius 1 is 1.24 bits per heavy atom. The van der Waals surface area contributed by atoms with E-state index < -0.39 is 5.60 Å². The highest BCUT2D eigenvalue weighted by atomic mass is 16.6. The van der Waals surface area contributed by atoms with Gasteiger partial charge in [-0.25, -0.2) is 4.79 Å². The van der Waals surface area contributed by atoms with Gasteiger partial charge in [-0.3, -0.25) is 14.7 Å². The summed E-state index contributed by atoms with van der Waals surface area (Å²) in [5, 5.41) is 6.47. The van der Waals surface area contributed by atoms with Crippen molar-refractivity contribution < 1.29 is 19.1 Å². The van der Waals surface area contributed by atoms with E-state index in [1.54, 1.807) is 24.4 Å². The predicted molar refractivity (Wildman–Crippen MR) is 161 cm³/mol. The van der Waals surface area contributed by atoms with Crippen LogP contribution in [0.3, 0.4) is 0 Å². The second kappa shape index (κ2) is 10.4. The molecule has 1 aromatic carbocycles. The molecule has 3 aliphatic rings. The van der Waals surface area contributed by atoms with Crippen molar-refractivity contribution in [3.05, 3.63) is 59.0 Å². The third kappa shape index (κ3) is 5.29. The third-order valence-corrected chi connectivity index (χ3v) is 8.20. The molecular formula is C33H37N5O4. The zero-order valence-electron chi connectivity index (χ0n) is 24.8. The van der Waals surface area contributed by atoms with Crippen LogP contribution in [0.1, 0.15) is 67.2 Å². The number of rotatable bonds is 4. The van der Waals surface area contributed by atoms with Crippen LogP contribution < -0.4 is 15.4 Å². The zero-order chi connectivity index (χ0) is 29.6. The Labute approximate surface area is 246 Å². The number of H-pyrrole nitrogens is 1. The number of hydrogen-bond acceptors (Lipinski definition) is 6. The number of methoxy groups -OCH3 is 1. The van der Waals surface area contributed by atoms with Crippen molar-refractivity contribution in [1.82, 2.24) is 20.2 Å². The summed E-state index contributed by atoms with van der Waals surface area (Å²) < 4.78 is 11.4. The van der Waals surface area contributed by atoms with E-state index in [1.807, 2.05) is 52.0 Å². The molecule has 9 heteroatoms. The Morgan fingerprint density at radius 2 is 2.05 bits per heavy atom. The van der Waals surface area contributed by atoms with Gasteiger partial charge in [0.2, 0.25) is 0 Å². The van der Waals surface area contributed by atoms with Gasteiger partial charge in [0.15, 0.2) is 0 Å².